The summed E-state index contributed by atoms with van der Waals surface area (Å²) in [6, 6.07) is 15.3. The van der Waals surface area contributed by atoms with Crippen LogP contribution < -0.4 is 0 Å². The summed E-state index contributed by atoms with van der Waals surface area (Å²) < 4.78 is 1.75. The van der Waals surface area contributed by atoms with E-state index in [0.29, 0.717) is 16.3 Å². The third-order valence-corrected chi connectivity index (χ3v) is 7.34. The van der Waals surface area contributed by atoms with E-state index < -0.39 is 10.3 Å². The maximum absolute atomic E-state index is 13.8. The molecule has 0 N–H and O–H groups in total. The van der Waals surface area contributed by atoms with Gasteiger partial charge >= 0.3 is 0 Å². The Balaban J connectivity index is 1.98. The predicted molar refractivity (Wildman–Crippen MR) is 140 cm³/mol. The molecule has 5 aromatic rings. The van der Waals surface area contributed by atoms with Crippen LogP contribution in [-0.4, -0.2) is 15.7 Å². The number of pyridine rings is 1. The van der Waals surface area contributed by atoms with Gasteiger partial charge in [0.05, 0.1) is 26.3 Å². The third kappa shape index (κ3) is 3.46. The molecular formula is C28H24N2O3S. The van der Waals surface area contributed by atoms with Gasteiger partial charge in [-0.05, 0) is 43.5 Å². The zero-order valence-corrected chi connectivity index (χ0v) is 20.5. The van der Waals surface area contributed by atoms with Crippen molar-refractivity contribution in [2.75, 3.05) is 0 Å². The number of aromatic nitrogens is 1. The van der Waals surface area contributed by atoms with Crippen molar-refractivity contribution in [3.05, 3.63) is 81.5 Å². The summed E-state index contributed by atoms with van der Waals surface area (Å²) in [7, 11) is 0. The average molecular weight is 469 g/mol. The van der Waals surface area contributed by atoms with Crippen LogP contribution in [0.3, 0.4) is 0 Å². The van der Waals surface area contributed by atoms with Crippen LogP contribution in [0.1, 0.15) is 42.3 Å². The van der Waals surface area contributed by atoms with Crippen molar-refractivity contribution >= 4 is 53.8 Å². The SMILES string of the molecule is Cc1cc(C)cc(-c2nccc3c2sc2c(C(=O)C(C)(C)C)c4c([N+](=O)[O-])cccc4cc23)c1. The fourth-order valence-corrected chi connectivity index (χ4v) is 5.99. The maximum Gasteiger partial charge on any atom is 0.277 e. The Hall–Kier alpha value is -3.64. The molecule has 0 saturated carbocycles. The Morgan fingerprint density at radius 2 is 1.68 bits per heavy atom. The van der Waals surface area contributed by atoms with Crippen molar-refractivity contribution in [3.8, 4) is 11.3 Å². The number of nitro groups is 1. The monoisotopic (exact) mass is 468 g/mol. The van der Waals surface area contributed by atoms with Crippen molar-refractivity contribution in [3.63, 3.8) is 0 Å². The number of thiophene rings is 1. The highest BCUT2D eigenvalue weighted by molar-refractivity contribution is 7.26. The molecule has 0 fully saturated rings. The predicted octanol–water partition coefficient (Wildman–Crippen LogP) is 8.02. The van der Waals surface area contributed by atoms with Gasteiger partial charge in [-0.25, -0.2) is 0 Å². The molecule has 5 rings (SSSR count). The number of rotatable bonds is 3. The normalized spacial score (nSPS) is 12.0. The molecule has 0 radical (unpaired) electrons. The Morgan fingerprint density at radius 3 is 2.32 bits per heavy atom. The molecule has 2 heterocycles. The molecule has 0 aliphatic carbocycles. The van der Waals surface area contributed by atoms with Gasteiger partial charge < -0.3 is 0 Å². The number of ketones is 1. The molecule has 0 aliphatic rings. The smallest absolute Gasteiger partial charge is 0.277 e. The van der Waals surface area contributed by atoms with Gasteiger partial charge in [-0.3, -0.25) is 19.9 Å². The van der Waals surface area contributed by atoms with E-state index in [4.69, 9.17) is 4.98 Å². The molecule has 0 saturated heterocycles. The Bertz CT molecular complexity index is 1640. The van der Waals surface area contributed by atoms with Gasteiger partial charge in [0.1, 0.15) is 0 Å². The standard InChI is InChI=1S/C28H24N2O3S/c1-15-11-16(2)13-18(12-15)24-26-19(9-10-29-24)20-14-17-7-6-8-21(30(32)33)22(17)23(25(20)34-26)27(31)28(3,4)5/h6-14H,1-5H3. The second-order valence-corrected chi connectivity index (χ2v) is 10.9. The van der Waals surface area contributed by atoms with Crippen LogP contribution >= 0.6 is 11.3 Å². The number of Topliss-reactive ketones (excluding diaryl/α,β-unsaturated/α-hetero) is 1. The van der Waals surface area contributed by atoms with Gasteiger partial charge in [-0.1, -0.05) is 50.1 Å². The zero-order valence-electron chi connectivity index (χ0n) is 19.7. The molecule has 0 aliphatic heterocycles. The van der Waals surface area contributed by atoms with Gasteiger partial charge in [0.2, 0.25) is 0 Å². The molecule has 0 spiro atoms. The van der Waals surface area contributed by atoms with E-state index in [-0.39, 0.29) is 11.5 Å². The van der Waals surface area contributed by atoms with Gasteiger partial charge in [0.25, 0.3) is 5.69 Å². The first-order valence-electron chi connectivity index (χ1n) is 11.1. The largest absolute Gasteiger partial charge is 0.294 e. The lowest BCUT2D eigenvalue weighted by Gasteiger charge is -2.18. The lowest BCUT2D eigenvalue weighted by Crippen LogP contribution is -2.20. The van der Waals surface area contributed by atoms with Crippen molar-refractivity contribution in [1.82, 2.24) is 4.98 Å². The van der Waals surface area contributed by atoms with Crippen LogP contribution in [0.4, 0.5) is 5.69 Å². The number of benzene rings is 3. The molecule has 170 valence electrons. The number of nitro benzene ring substituents is 1. The number of fused-ring (bicyclic) bond motifs is 4. The van der Waals surface area contributed by atoms with E-state index >= 15 is 0 Å². The number of nitrogens with zero attached hydrogens (tertiary/aromatic N) is 2. The van der Waals surface area contributed by atoms with Crippen LogP contribution in [0, 0.1) is 29.4 Å². The minimum Gasteiger partial charge on any atom is -0.294 e. The lowest BCUT2D eigenvalue weighted by molar-refractivity contribution is -0.383. The van der Waals surface area contributed by atoms with Crippen LogP contribution in [0.15, 0.2) is 54.7 Å². The summed E-state index contributed by atoms with van der Waals surface area (Å²) in [6.45, 7) is 9.68. The molecule has 0 unspecified atom stereocenters. The van der Waals surface area contributed by atoms with Crippen LogP contribution in [0.25, 0.3) is 42.2 Å². The topological polar surface area (TPSA) is 73.1 Å². The Morgan fingerprint density at radius 1 is 0.971 bits per heavy atom. The van der Waals surface area contributed by atoms with Gasteiger partial charge in [0, 0.05) is 38.7 Å². The number of aryl methyl sites for hydroxylation is 2. The fourth-order valence-electron chi connectivity index (χ4n) is 4.65. The van der Waals surface area contributed by atoms with Crippen molar-refractivity contribution in [2.24, 2.45) is 5.41 Å². The van der Waals surface area contributed by atoms with Crippen molar-refractivity contribution in [2.45, 2.75) is 34.6 Å². The quantitative estimate of drug-likeness (QED) is 0.153. The number of hydrogen-bond donors (Lipinski definition) is 0. The van der Waals surface area contributed by atoms with Crippen molar-refractivity contribution in [1.29, 1.82) is 0 Å². The van der Waals surface area contributed by atoms with Crippen LogP contribution in [0.5, 0.6) is 0 Å². The molecule has 0 amide bonds. The first kappa shape index (κ1) is 22.2. The van der Waals surface area contributed by atoms with Crippen LogP contribution in [-0.2, 0) is 0 Å². The molecule has 5 nitrogen and oxygen atoms in total. The molecule has 34 heavy (non-hydrogen) atoms. The molecule has 6 heteroatoms. The average Bonchev–Trinajstić information content (AvgIpc) is 3.13. The summed E-state index contributed by atoms with van der Waals surface area (Å²) in [5.74, 6) is -0.107. The number of carbonyl (C=O) groups is 1. The van der Waals surface area contributed by atoms with E-state index in [1.165, 1.54) is 17.4 Å². The molecule has 0 bridgehead atoms. The Labute approximate surface area is 201 Å². The second-order valence-electron chi connectivity index (χ2n) is 9.85. The highest BCUT2D eigenvalue weighted by atomic mass is 32.1. The maximum atomic E-state index is 13.8. The summed E-state index contributed by atoms with van der Waals surface area (Å²) in [5.41, 5.74) is 3.87. The minimum absolute atomic E-state index is 0.0443. The first-order valence-corrected chi connectivity index (χ1v) is 11.9. The van der Waals surface area contributed by atoms with Gasteiger partial charge in [-0.15, -0.1) is 11.3 Å². The second kappa shape index (κ2) is 7.71. The van der Waals surface area contributed by atoms with Crippen molar-refractivity contribution < 1.29 is 9.72 Å². The number of carbonyl (C=O) groups excluding carboxylic acids is 1. The zero-order chi connectivity index (χ0) is 24.4. The third-order valence-electron chi connectivity index (χ3n) is 6.10. The number of hydrogen-bond acceptors (Lipinski definition) is 5. The highest BCUT2D eigenvalue weighted by Crippen LogP contribution is 2.46. The fraction of sp³-hybridized carbons (Fsp3) is 0.214. The van der Waals surface area contributed by atoms with Gasteiger partial charge in [-0.2, -0.15) is 0 Å². The van der Waals surface area contributed by atoms with Gasteiger partial charge in [0.15, 0.2) is 5.78 Å². The molecule has 3 aromatic carbocycles. The van der Waals surface area contributed by atoms with Crippen LogP contribution in [0.2, 0.25) is 0 Å². The number of non-ortho nitro benzene ring substituents is 1. The molecule has 2 aromatic heterocycles. The van der Waals surface area contributed by atoms with E-state index in [2.05, 4.69) is 32.0 Å². The molecule has 0 atom stereocenters. The lowest BCUT2D eigenvalue weighted by atomic mass is 9.83. The van der Waals surface area contributed by atoms with E-state index in [0.717, 1.165) is 42.6 Å². The molecular weight excluding hydrogens is 444 g/mol. The Kier molecular flexibility index (Phi) is 5.02. The summed E-state index contributed by atoms with van der Waals surface area (Å²) in [5, 5.41) is 15.0. The summed E-state index contributed by atoms with van der Waals surface area (Å²) in [6.07, 6.45) is 1.80. The first-order chi connectivity index (χ1) is 16.1. The highest BCUT2D eigenvalue weighted by Gasteiger charge is 2.31. The summed E-state index contributed by atoms with van der Waals surface area (Å²) >= 11 is 1.50. The van der Waals surface area contributed by atoms with E-state index in [1.807, 2.05) is 39.0 Å². The summed E-state index contributed by atoms with van der Waals surface area (Å²) in [4.78, 5) is 30.0. The minimum atomic E-state index is -0.699. The van der Waals surface area contributed by atoms with E-state index in [1.54, 1.807) is 12.3 Å². The van der Waals surface area contributed by atoms with E-state index in [9.17, 15) is 14.9 Å².